The number of carbonyl (C=O) groups excluding carboxylic acids is 8. The zero-order chi connectivity index (χ0) is 60.9. The Hall–Kier alpha value is -4.48. The monoisotopic (exact) mass is 1170 g/mol. The Morgan fingerprint density at radius 2 is 1.01 bits per heavy atom. The Morgan fingerprint density at radius 3 is 1.44 bits per heavy atom. The van der Waals surface area contributed by atoms with Crippen molar-refractivity contribution in [3.8, 4) is 0 Å². The first kappa shape index (κ1) is 75.5. The number of hydrogen-bond acceptors (Lipinski definition) is 17. The molecule has 22 nitrogen and oxygen atoms in total. The molecule has 0 aliphatic carbocycles. The van der Waals surface area contributed by atoms with Gasteiger partial charge in [-0.15, -0.1) is 0 Å². The molecule has 476 valence electrons. The second-order valence-electron chi connectivity index (χ2n) is 22.3. The third-order valence-electron chi connectivity index (χ3n) is 14.7. The van der Waals surface area contributed by atoms with E-state index in [0.717, 1.165) is 58.3 Å². The van der Waals surface area contributed by atoms with Crippen LogP contribution in [0.15, 0.2) is 0 Å². The minimum absolute atomic E-state index is 0.0215. The van der Waals surface area contributed by atoms with Gasteiger partial charge in [-0.3, -0.25) is 33.6 Å². The lowest BCUT2D eigenvalue weighted by Gasteiger charge is -2.43. The predicted molar refractivity (Wildman–Crippen MR) is 311 cm³/mol. The highest BCUT2D eigenvalue weighted by atomic mass is 16.6. The maximum atomic E-state index is 14.0. The zero-order valence-electron chi connectivity index (χ0n) is 50.7. The van der Waals surface area contributed by atoms with Gasteiger partial charge in [-0.25, -0.2) is 4.79 Å². The first-order valence-electron chi connectivity index (χ1n) is 31.3. The van der Waals surface area contributed by atoms with E-state index in [4.69, 9.17) is 35.2 Å². The van der Waals surface area contributed by atoms with E-state index >= 15 is 0 Å². The molecule has 0 saturated carbocycles. The van der Waals surface area contributed by atoms with E-state index in [1.54, 1.807) is 0 Å². The van der Waals surface area contributed by atoms with Crippen LogP contribution in [0, 0.1) is 0 Å². The van der Waals surface area contributed by atoms with Gasteiger partial charge in [0, 0.05) is 26.2 Å². The van der Waals surface area contributed by atoms with Gasteiger partial charge < -0.3 is 71.7 Å². The molecular formula is C60H110N6O16. The van der Waals surface area contributed by atoms with Gasteiger partial charge in [-0.1, -0.05) is 168 Å². The molecule has 1 fully saturated rings. The molecule has 5 amide bonds. The van der Waals surface area contributed by atoms with Crippen LogP contribution in [0.2, 0.25) is 0 Å². The van der Waals surface area contributed by atoms with E-state index in [-0.39, 0.29) is 38.6 Å². The van der Waals surface area contributed by atoms with Gasteiger partial charge in [0.1, 0.15) is 61.8 Å². The summed E-state index contributed by atoms with van der Waals surface area (Å²) in [5.41, 5.74) is 11.2. The molecule has 1 heterocycles. The van der Waals surface area contributed by atoms with E-state index in [1.165, 1.54) is 117 Å². The molecule has 82 heavy (non-hydrogen) atoms. The number of unbranched alkanes of at least 4 members (excludes halogenated alkanes) is 25. The molecule has 1 saturated heterocycles. The molecule has 0 bridgehead atoms. The molecule has 0 aromatic carbocycles. The highest BCUT2D eigenvalue weighted by Crippen LogP contribution is 2.24. The smallest absolute Gasteiger partial charge is 0.329 e. The lowest BCUT2D eigenvalue weighted by molar-refractivity contribution is -0.266. The highest BCUT2D eigenvalue weighted by molar-refractivity contribution is 5.94. The normalized spacial score (nSPS) is 18.4. The number of nitrogens with one attached hydrogen (secondary N) is 4. The lowest BCUT2D eigenvalue weighted by atomic mass is 9.96. The third kappa shape index (κ3) is 36.3. The number of amides is 5. The maximum absolute atomic E-state index is 14.0. The SMILES string of the molecule is CCCCCCCCCCCCCCCC(=O)OCC(COC(=O)CCCCCCCCCCCCCCC)OC(=O)[C@H](CCCCN)NC(=O)[C@@H](CCC(N)=O)NC(=O)[C@H](C)NC(=O)[C@@H](C)O[C@H]1[C@H](O)[C@@H](CO)OC(O)[C@@H]1NC(C)=O. The number of aliphatic hydroxyl groups is 3. The fourth-order valence-electron chi connectivity index (χ4n) is 9.65. The van der Waals surface area contributed by atoms with Gasteiger partial charge in [-0.05, 0) is 58.9 Å². The van der Waals surface area contributed by atoms with Crippen molar-refractivity contribution in [1.82, 2.24) is 21.3 Å². The van der Waals surface area contributed by atoms with E-state index in [1.807, 2.05) is 0 Å². The second kappa shape index (κ2) is 47.8. The molecule has 0 aromatic rings. The second-order valence-corrected chi connectivity index (χ2v) is 22.3. The number of esters is 3. The fraction of sp³-hybridized carbons (Fsp3) is 0.867. The van der Waals surface area contributed by atoms with Crippen molar-refractivity contribution < 1.29 is 77.4 Å². The van der Waals surface area contributed by atoms with Gasteiger partial charge in [0.15, 0.2) is 12.4 Å². The third-order valence-corrected chi connectivity index (χ3v) is 14.7. The number of rotatable bonds is 51. The molecule has 1 aliphatic heterocycles. The Bertz CT molecular complexity index is 1730. The summed E-state index contributed by atoms with van der Waals surface area (Å²) in [5, 5.41) is 40.9. The Labute approximate surface area is 489 Å². The highest BCUT2D eigenvalue weighted by Gasteiger charge is 2.47. The van der Waals surface area contributed by atoms with Crippen LogP contribution in [-0.2, 0) is 62.0 Å². The number of primary amides is 1. The largest absolute Gasteiger partial charge is 0.462 e. The van der Waals surface area contributed by atoms with Crippen molar-refractivity contribution in [2.75, 3.05) is 26.4 Å². The summed E-state index contributed by atoms with van der Waals surface area (Å²) in [5.74, 6) is -6.04. The average Bonchev–Trinajstić information content (AvgIpc) is 3.51. The van der Waals surface area contributed by atoms with E-state index in [0.29, 0.717) is 25.7 Å². The fourth-order valence-corrected chi connectivity index (χ4v) is 9.65. The molecule has 22 heteroatoms. The minimum atomic E-state index is -1.72. The van der Waals surface area contributed by atoms with Crippen molar-refractivity contribution in [2.24, 2.45) is 11.5 Å². The molecule has 1 aliphatic rings. The Kier molecular flexibility index (Phi) is 44.1. The van der Waals surface area contributed by atoms with Crippen LogP contribution in [0.25, 0.3) is 0 Å². The number of hydrogen-bond donors (Lipinski definition) is 9. The van der Waals surface area contributed by atoms with Crippen molar-refractivity contribution in [3.05, 3.63) is 0 Å². The van der Waals surface area contributed by atoms with Crippen LogP contribution in [-0.4, -0.2) is 150 Å². The zero-order valence-corrected chi connectivity index (χ0v) is 50.7. The van der Waals surface area contributed by atoms with E-state index in [2.05, 4.69) is 35.1 Å². The molecule has 0 spiro atoms. The Balaban J connectivity index is 3.05. The lowest BCUT2D eigenvalue weighted by Crippen LogP contribution is -2.65. The van der Waals surface area contributed by atoms with Gasteiger partial charge >= 0.3 is 17.9 Å². The summed E-state index contributed by atoms with van der Waals surface area (Å²) in [7, 11) is 0. The summed E-state index contributed by atoms with van der Waals surface area (Å²) in [6, 6.07) is -5.52. The van der Waals surface area contributed by atoms with Crippen LogP contribution in [0.5, 0.6) is 0 Å². The molecule has 1 unspecified atom stereocenters. The number of aliphatic hydroxyl groups excluding tert-OH is 3. The molecule has 1 rings (SSSR count). The summed E-state index contributed by atoms with van der Waals surface area (Å²) < 4.78 is 27.9. The predicted octanol–water partition coefficient (Wildman–Crippen LogP) is 6.16. The topological polar surface area (TPSA) is 344 Å². The van der Waals surface area contributed by atoms with Gasteiger partial charge in [0.25, 0.3) is 0 Å². The minimum Gasteiger partial charge on any atom is -0.462 e. The molecule has 0 radical (unpaired) electrons. The van der Waals surface area contributed by atoms with Crippen molar-refractivity contribution in [1.29, 1.82) is 0 Å². The van der Waals surface area contributed by atoms with Gasteiger partial charge in [0.05, 0.1) is 6.61 Å². The number of nitrogens with two attached hydrogens (primary N) is 2. The summed E-state index contributed by atoms with van der Waals surface area (Å²) in [6.45, 7) is 6.88. The van der Waals surface area contributed by atoms with Gasteiger partial charge in [-0.2, -0.15) is 0 Å². The van der Waals surface area contributed by atoms with Crippen LogP contribution in [0.4, 0.5) is 0 Å². The van der Waals surface area contributed by atoms with Gasteiger partial charge in [0.2, 0.25) is 29.5 Å². The van der Waals surface area contributed by atoms with E-state index < -0.39 is 128 Å². The summed E-state index contributed by atoms with van der Waals surface area (Å²) >= 11 is 0. The first-order valence-corrected chi connectivity index (χ1v) is 31.3. The Morgan fingerprint density at radius 1 is 0.561 bits per heavy atom. The maximum Gasteiger partial charge on any atom is 0.329 e. The summed E-state index contributed by atoms with van der Waals surface area (Å²) in [4.78, 5) is 105. The number of ether oxygens (including phenoxy) is 5. The van der Waals surface area contributed by atoms with Crippen LogP contribution < -0.4 is 32.7 Å². The van der Waals surface area contributed by atoms with Crippen molar-refractivity contribution >= 4 is 47.4 Å². The summed E-state index contributed by atoms with van der Waals surface area (Å²) in [6.07, 6.45) is 21.6. The molecule has 0 aromatic heterocycles. The van der Waals surface area contributed by atoms with Crippen LogP contribution >= 0.6 is 0 Å². The molecule has 9 atom stereocenters. The van der Waals surface area contributed by atoms with E-state index in [9.17, 15) is 53.7 Å². The van der Waals surface area contributed by atoms with Crippen molar-refractivity contribution in [2.45, 2.75) is 307 Å². The quantitative estimate of drug-likeness (QED) is 0.0187. The molecular weight excluding hydrogens is 1060 g/mol. The average molecular weight is 1170 g/mol. The van der Waals surface area contributed by atoms with Crippen molar-refractivity contribution in [3.63, 3.8) is 0 Å². The van der Waals surface area contributed by atoms with Crippen LogP contribution in [0.3, 0.4) is 0 Å². The standard InChI is InChI=1S/C60H110N6O16/c1-6-8-10-12-14-16-18-20-22-24-26-28-30-35-51(70)78-41-46(42-79-52(71)36-31-29-27-25-23-21-19-17-15-13-11-9-7-2)81-59(76)48(34-32-33-39-61)66-58(75)47(37-38-50(62)69)65-56(73)43(3)63-57(74)44(4)80-55-53(64-45(5)68)60(77)82-49(40-67)54(55)72/h43-44,46-49,53-55,60,67,72,77H,6-42,61H2,1-5H3,(H2,62,69)(H,63,74)(H,64,68)(H,65,73)(H,66,75)/t43-,44+,47+,48-,49+,53+,54+,55+,60?/m0/s1. The van der Waals surface area contributed by atoms with Crippen LogP contribution in [0.1, 0.15) is 247 Å². The molecule has 11 N–H and O–H groups in total. The first-order chi connectivity index (χ1) is 39.4. The number of carbonyl (C=O) groups is 8.